The number of benzene rings is 2. The van der Waals surface area contributed by atoms with Gasteiger partial charge in [0.25, 0.3) is 0 Å². The summed E-state index contributed by atoms with van der Waals surface area (Å²) in [5.74, 6) is -0.565. The van der Waals surface area contributed by atoms with Crippen LogP contribution < -0.4 is 9.46 Å². The third-order valence-electron chi connectivity index (χ3n) is 5.47. The van der Waals surface area contributed by atoms with Crippen LogP contribution in [0.3, 0.4) is 0 Å². The van der Waals surface area contributed by atoms with Gasteiger partial charge in [-0.2, -0.15) is 4.72 Å². The summed E-state index contributed by atoms with van der Waals surface area (Å²) < 4.78 is 38.4. The second-order valence-electron chi connectivity index (χ2n) is 7.43. The maximum absolute atomic E-state index is 13.0. The molecule has 1 aliphatic heterocycles. The van der Waals surface area contributed by atoms with Crippen LogP contribution in [-0.4, -0.2) is 62.8 Å². The molecule has 10 heteroatoms. The van der Waals surface area contributed by atoms with Crippen molar-refractivity contribution < 1.29 is 32.6 Å². The van der Waals surface area contributed by atoms with Crippen LogP contribution in [0, 0.1) is 0 Å². The zero-order chi connectivity index (χ0) is 23.4. The Morgan fingerprint density at radius 1 is 1.03 bits per heavy atom. The number of hydrogen-bond donors (Lipinski definition) is 2. The van der Waals surface area contributed by atoms with E-state index in [2.05, 4.69) is 4.72 Å². The minimum atomic E-state index is -4.11. The summed E-state index contributed by atoms with van der Waals surface area (Å²) in [6.07, 6.45) is -0.669. The topological polar surface area (TPSA) is 122 Å². The highest BCUT2D eigenvalue weighted by Gasteiger charge is 2.45. The summed E-state index contributed by atoms with van der Waals surface area (Å²) in [4.78, 5) is 25.2. The fourth-order valence-electron chi connectivity index (χ4n) is 3.57. The third kappa shape index (κ3) is 5.03. The van der Waals surface area contributed by atoms with Gasteiger partial charge in [-0.1, -0.05) is 24.3 Å². The number of carbonyl (C=O) groups excluding carboxylic acids is 1. The Morgan fingerprint density at radius 3 is 2.03 bits per heavy atom. The molecule has 1 aliphatic rings. The van der Waals surface area contributed by atoms with Crippen LogP contribution in [0.25, 0.3) is 11.1 Å². The summed E-state index contributed by atoms with van der Waals surface area (Å²) in [6.45, 7) is 2.03. The van der Waals surface area contributed by atoms with Crippen molar-refractivity contribution in [1.29, 1.82) is 0 Å². The second kappa shape index (κ2) is 9.58. The lowest BCUT2D eigenvalue weighted by Crippen LogP contribution is -2.60. The number of carbonyl (C=O) groups is 2. The van der Waals surface area contributed by atoms with Gasteiger partial charge >= 0.3 is 12.1 Å². The van der Waals surface area contributed by atoms with E-state index in [1.54, 1.807) is 38.3 Å². The largest absolute Gasteiger partial charge is 0.497 e. The number of nitrogens with zero attached hydrogens (tertiary/aromatic N) is 1. The van der Waals surface area contributed by atoms with E-state index in [1.807, 2.05) is 12.1 Å². The van der Waals surface area contributed by atoms with E-state index >= 15 is 0 Å². The molecule has 2 N–H and O–H groups in total. The zero-order valence-electron chi connectivity index (χ0n) is 17.9. The number of methoxy groups -OCH3 is 1. The first-order chi connectivity index (χ1) is 15.2. The Labute approximate surface area is 187 Å². The van der Waals surface area contributed by atoms with Crippen molar-refractivity contribution in [3.05, 3.63) is 48.5 Å². The number of likely N-dealkylation sites (tertiary alicyclic amines) is 1. The van der Waals surface area contributed by atoms with Gasteiger partial charge in [0.2, 0.25) is 10.0 Å². The zero-order valence-corrected chi connectivity index (χ0v) is 18.7. The number of carboxylic acid groups (broad SMARTS) is 1. The summed E-state index contributed by atoms with van der Waals surface area (Å²) in [6, 6.07) is 13.5. The van der Waals surface area contributed by atoms with E-state index in [9.17, 15) is 23.1 Å². The molecule has 0 atom stereocenters. The van der Waals surface area contributed by atoms with Gasteiger partial charge in [0, 0.05) is 13.1 Å². The van der Waals surface area contributed by atoms with Gasteiger partial charge in [-0.25, -0.2) is 13.2 Å². The monoisotopic (exact) mass is 462 g/mol. The van der Waals surface area contributed by atoms with Gasteiger partial charge in [0.1, 0.15) is 11.3 Å². The SMILES string of the molecule is CCOC(=O)N1CCC(NS(=O)(=O)c2ccc(-c3ccc(OC)cc3)cc2)(C(=O)O)CC1. The maximum atomic E-state index is 13.0. The van der Waals surface area contributed by atoms with Gasteiger partial charge in [-0.15, -0.1) is 0 Å². The first-order valence-corrected chi connectivity index (χ1v) is 11.6. The molecule has 2 aromatic carbocycles. The van der Waals surface area contributed by atoms with Crippen LogP contribution in [0.2, 0.25) is 0 Å². The number of amides is 1. The van der Waals surface area contributed by atoms with Crippen LogP contribution in [0.4, 0.5) is 4.79 Å². The molecule has 1 saturated heterocycles. The summed E-state index contributed by atoms with van der Waals surface area (Å²) >= 11 is 0. The minimum Gasteiger partial charge on any atom is -0.497 e. The van der Waals surface area contributed by atoms with E-state index in [1.165, 1.54) is 17.0 Å². The number of sulfonamides is 1. The van der Waals surface area contributed by atoms with Crippen molar-refractivity contribution in [1.82, 2.24) is 9.62 Å². The Hall–Kier alpha value is -3.11. The van der Waals surface area contributed by atoms with Crippen molar-refractivity contribution in [2.75, 3.05) is 26.8 Å². The third-order valence-corrected chi connectivity index (χ3v) is 7.02. The maximum Gasteiger partial charge on any atom is 0.409 e. The van der Waals surface area contributed by atoms with Crippen LogP contribution in [-0.2, 0) is 19.6 Å². The first kappa shape index (κ1) is 23.6. The van der Waals surface area contributed by atoms with E-state index < -0.39 is 27.6 Å². The number of nitrogens with one attached hydrogen (secondary N) is 1. The number of aliphatic carboxylic acids is 1. The van der Waals surface area contributed by atoms with Crippen LogP contribution in [0.1, 0.15) is 19.8 Å². The quantitative estimate of drug-likeness (QED) is 0.649. The average molecular weight is 463 g/mol. The van der Waals surface area contributed by atoms with E-state index in [-0.39, 0.29) is 37.4 Å². The predicted octanol–water partition coefficient (Wildman–Crippen LogP) is 2.72. The van der Waals surface area contributed by atoms with E-state index in [0.717, 1.165) is 11.1 Å². The Morgan fingerprint density at radius 2 is 1.56 bits per heavy atom. The Bertz CT molecular complexity index is 1060. The lowest BCUT2D eigenvalue weighted by Gasteiger charge is -2.38. The van der Waals surface area contributed by atoms with Crippen molar-refractivity contribution in [3.63, 3.8) is 0 Å². The van der Waals surface area contributed by atoms with Crippen LogP contribution in [0.5, 0.6) is 5.75 Å². The average Bonchev–Trinajstić information content (AvgIpc) is 2.79. The molecule has 0 aromatic heterocycles. The summed E-state index contributed by atoms with van der Waals surface area (Å²) in [5.41, 5.74) is -0.00502. The highest BCUT2D eigenvalue weighted by Crippen LogP contribution is 2.28. The molecular formula is C22H26N2O7S. The number of ether oxygens (including phenoxy) is 2. The van der Waals surface area contributed by atoms with Gasteiger partial charge < -0.3 is 19.5 Å². The van der Waals surface area contributed by atoms with Gasteiger partial charge in [0.15, 0.2) is 0 Å². The van der Waals surface area contributed by atoms with Crippen molar-refractivity contribution in [3.8, 4) is 16.9 Å². The molecule has 1 amide bonds. The molecule has 2 aromatic rings. The second-order valence-corrected chi connectivity index (χ2v) is 9.11. The summed E-state index contributed by atoms with van der Waals surface area (Å²) in [5, 5.41) is 9.79. The molecule has 0 aliphatic carbocycles. The molecule has 0 bridgehead atoms. The fourth-order valence-corrected chi connectivity index (χ4v) is 4.99. The molecule has 172 valence electrons. The molecule has 0 spiro atoms. The molecule has 1 fully saturated rings. The number of piperidine rings is 1. The molecule has 32 heavy (non-hydrogen) atoms. The lowest BCUT2D eigenvalue weighted by atomic mass is 9.89. The Balaban J connectivity index is 1.76. The van der Waals surface area contributed by atoms with Crippen molar-refractivity contribution in [2.24, 2.45) is 0 Å². The molecule has 0 saturated carbocycles. The lowest BCUT2D eigenvalue weighted by molar-refractivity contribution is -0.146. The molecule has 0 radical (unpaired) electrons. The van der Waals surface area contributed by atoms with E-state index in [4.69, 9.17) is 9.47 Å². The fraction of sp³-hybridized carbons (Fsp3) is 0.364. The van der Waals surface area contributed by atoms with Gasteiger partial charge in [-0.3, -0.25) is 4.79 Å². The number of hydrogen-bond acceptors (Lipinski definition) is 6. The highest BCUT2D eigenvalue weighted by molar-refractivity contribution is 7.89. The number of rotatable bonds is 7. The van der Waals surface area contributed by atoms with Crippen molar-refractivity contribution >= 4 is 22.1 Å². The normalized spacial score (nSPS) is 15.8. The molecular weight excluding hydrogens is 436 g/mol. The Kier molecular flexibility index (Phi) is 7.05. The number of carboxylic acids is 1. The van der Waals surface area contributed by atoms with Crippen molar-refractivity contribution in [2.45, 2.75) is 30.2 Å². The van der Waals surface area contributed by atoms with E-state index in [0.29, 0.717) is 5.75 Å². The molecule has 3 rings (SSSR count). The predicted molar refractivity (Wildman–Crippen MR) is 117 cm³/mol. The first-order valence-electron chi connectivity index (χ1n) is 10.1. The smallest absolute Gasteiger partial charge is 0.409 e. The molecule has 1 heterocycles. The summed E-state index contributed by atoms with van der Waals surface area (Å²) in [7, 11) is -2.53. The van der Waals surface area contributed by atoms with Gasteiger partial charge in [0.05, 0.1) is 18.6 Å². The van der Waals surface area contributed by atoms with Crippen LogP contribution >= 0.6 is 0 Å². The van der Waals surface area contributed by atoms with Gasteiger partial charge in [-0.05, 0) is 55.2 Å². The molecule has 0 unspecified atom stereocenters. The standard InChI is InChI=1S/C22H26N2O7S/c1-3-31-21(27)24-14-12-22(13-15-24,20(25)26)23-32(28,29)19-10-6-17(7-11-19)16-4-8-18(30-2)9-5-16/h4-11,23H,3,12-15H2,1-2H3,(H,25,26). The molecule has 9 nitrogen and oxygen atoms in total. The highest BCUT2D eigenvalue weighted by atomic mass is 32.2. The van der Waals surface area contributed by atoms with Crippen LogP contribution in [0.15, 0.2) is 53.4 Å². The minimum absolute atomic E-state index is 0.0387.